The van der Waals surface area contributed by atoms with E-state index in [0.717, 1.165) is 48.0 Å². The third kappa shape index (κ3) is 6.24. The molecule has 0 unspecified atom stereocenters. The first-order valence-electron chi connectivity index (χ1n) is 9.85. The number of nitrogens with zero attached hydrogens (tertiary/aromatic N) is 3. The van der Waals surface area contributed by atoms with Gasteiger partial charge in [0.2, 0.25) is 0 Å². The summed E-state index contributed by atoms with van der Waals surface area (Å²) in [6, 6.07) is 12.5. The van der Waals surface area contributed by atoms with Crippen molar-refractivity contribution < 1.29 is 0 Å². The highest BCUT2D eigenvalue weighted by atomic mass is 15.1. The lowest BCUT2D eigenvalue weighted by atomic mass is 10.2. The topological polar surface area (TPSA) is 40.5 Å². The van der Waals surface area contributed by atoms with Crippen molar-refractivity contribution in [3.05, 3.63) is 53.2 Å². The Hall–Kier alpha value is -2.62. The Morgan fingerprint density at radius 3 is 2.37 bits per heavy atom. The van der Waals surface area contributed by atoms with E-state index < -0.39 is 0 Å². The van der Waals surface area contributed by atoms with Crippen LogP contribution in [0.25, 0.3) is 12.8 Å². The van der Waals surface area contributed by atoms with Crippen molar-refractivity contribution in [2.75, 3.05) is 23.3 Å². The summed E-state index contributed by atoms with van der Waals surface area (Å²) in [5.41, 5.74) is 2.32. The van der Waals surface area contributed by atoms with Crippen LogP contribution in [0.15, 0.2) is 47.6 Å². The minimum atomic E-state index is 0.280. The van der Waals surface area contributed by atoms with E-state index in [1.54, 1.807) is 6.20 Å². The molecule has 0 aliphatic heterocycles. The molecule has 1 aromatic carbocycles. The molecule has 0 amide bonds. The van der Waals surface area contributed by atoms with Gasteiger partial charge in [0.15, 0.2) is 0 Å². The monoisotopic (exact) mass is 364 g/mol. The molecule has 27 heavy (non-hydrogen) atoms. The van der Waals surface area contributed by atoms with Gasteiger partial charge >= 0.3 is 0 Å². The van der Waals surface area contributed by atoms with Gasteiger partial charge in [-0.3, -0.25) is 4.98 Å². The zero-order valence-corrected chi connectivity index (χ0v) is 17.1. The maximum Gasteiger partial charge on any atom is 0.108 e. The molecular formula is C23H32N4. The van der Waals surface area contributed by atoms with Crippen molar-refractivity contribution in [3.8, 4) is 0 Å². The highest BCUT2D eigenvalue weighted by Gasteiger charge is 2.07. The van der Waals surface area contributed by atoms with E-state index >= 15 is 0 Å². The molecule has 0 atom stereocenters. The molecule has 4 nitrogen and oxygen atoms in total. The van der Waals surface area contributed by atoms with Crippen molar-refractivity contribution >= 4 is 30.0 Å². The van der Waals surface area contributed by atoms with Crippen LogP contribution < -0.4 is 20.8 Å². The van der Waals surface area contributed by atoms with Gasteiger partial charge in [0.05, 0.1) is 5.35 Å². The van der Waals surface area contributed by atoms with E-state index in [-0.39, 0.29) is 5.92 Å². The number of hydrogen-bond donors (Lipinski definition) is 1. The van der Waals surface area contributed by atoms with E-state index in [2.05, 4.69) is 78.7 Å². The third-order valence-corrected chi connectivity index (χ3v) is 4.31. The van der Waals surface area contributed by atoms with Crippen molar-refractivity contribution in [2.24, 2.45) is 10.9 Å². The fourth-order valence-corrected chi connectivity index (χ4v) is 2.85. The van der Waals surface area contributed by atoms with Gasteiger partial charge in [0.1, 0.15) is 5.84 Å². The minimum absolute atomic E-state index is 0.280. The van der Waals surface area contributed by atoms with Gasteiger partial charge < -0.3 is 10.2 Å². The molecule has 0 saturated heterocycles. The molecule has 0 spiro atoms. The predicted octanol–water partition coefficient (Wildman–Crippen LogP) is 4.02. The van der Waals surface area contributed by atoms with Gasteiger partial charge in [-0.05, 0) is 49.2 Å². The first-order chi connectivity index (χ1) is 13.0. The van der Waals surface area contributed by atoms with Crippen molar-refractivity contribution in [2.45, 2.75) is 40.5 Å². The van der Waals surface area contributed by atoms with Crippen LogP contribution in [-0.2, 0) is 0 Å². The van der Waals surface area contributed by atoms with Crippen molar-refractivity contribution in [1.82, 2.24) is 4.98 Å². The fraction of sp³-hybridized carbons (Fsp3) is 0.391. The summed E-state index contributed by atoms with van der Waals surface area (Å²) in [5.74, 6) is 1.20. The van der Waals surface area contributed by atoms with E-state index in [4.69, 9.17) is 0 Å². The normalized spacial score (nSPS) is 12.5. The number of rotatable bonds is 8. The molecule has 2 rings (SSSR count). The van der Waals surface area contributed by atoms with E-state index in [0.29, 0.717) is 0 Å². The van der Waals surface area contributed by atoms with Crippen LogP contribution in [-0.4, -0.2) is 23.9 Å². The van der Waals surface area contributed by atoms with Crippen LogP contribution in [0.4, 0.5) is 11.4 Å². The Balaban J connectivity index is 2.19. The number of aliphatic imine (C=N–C) groups is 1. The van der Waals surface area contributed by atoms with Crippen molar-refractivity contribution in [3.63, 3.8) is 0 Å². The first-order valence-corrected chi connectivity index (χ1v) is 9.85. The standard InChI is InChI=1S/C23H32N4/c1-6-15-27(16-7-2)22-12-10-21(11-13-22)26-23(18(3)4)25-17-20-9-8-14-24-19(20)5/h8-14,17-18H,5-7,15-16H2,1-4H3,(H,25,26)/b20-17-. The molecule has 0 aliphatic rings. The van der Waals surface area contributed by atoms with Crippen LogP contribution in [0.1, 0.15) is 40.5 Å². The number of amidine groups is 1. The smallest absolute Gasteiger partial charge is 0.108 e. The quantitative estimate of drug-likeness (QED) is 0.568. The van der Waals surface area contributed by atoms with Gasteiger partial charge in [-0.1, -0.05) is 34.3 Å². The molecule has 1 aromatic heterocycles. The highest BCUT2D eigenvalue weighted by Crippen LogP contribution is 2.19. The highest BCUT2D eigenvalue weighted by molar-refractivity contribution is 5.98. The zero-order chi connectivity index (χ0) is 19.6. The zero-order valence-electron chi connectivity index (χ0n) is 17.1. The second-order valence-corrected chi connectivity index (χ2v) is 7.00. The molecule has 144 valence electrons. The number of aromatic nitrogens is 1. The van der Waals surface area contributed by atoms with Gasteiger partial charge in [0.25, 0.3) is 0 Å². The minimum Gasteiger partial charge on any atom is -0.372 e. The Bertz CT molecular complexity index is 831. The van der Waals surface area contributed by atoms with E-state index in [1.165, 1.54) is 5.69 Å². The van der Waals surface area contributed by atoms with Crippen LogP contribution in [0.3, 0.4) is 0 Å². The summed E-state index contributed by atoms with van der Waals surface area (Å²) in [7, 11) is 0. The Kier molecular flexibility index (Phi) is 8.05. The summed E-state index contributed by atoms with van der Waals surface area (Å²) in [6.45, 7) is 14.8. The number of benzene rings is 1. The molecule has 0 saturated carbocycles. The fourth-order valence-electron chi connectivity index (χ4n) is 2.85. The van der Waals surface area contributed by atoms with E-state index in [1.807, 2.05) is 18.3 Å². The van der Waals surface area contributed by atoms with Crippen LogP contribution in [0.5, 0.6) is 0 Å². The molecule has 2 aromatic rings. The number of anilines is 2. The summed E-state index contributed by atoms with van der Waals surface area (Å²) in [4.78, 5) is 11.3. The molecule has 0 bridgehead atoms. The molecule has 0 fully saturated rings. The number of pyridine rings is 1. The second kappa shape index (κ2) is 10.5. The molecule has 4 heteroatoms. The van der Waals surface area contributed by atoms with Crippen molar-refractivity contribution in [1.29, 1.82) is 0 Å². The SMILES string of the molecule is C=c1nccc/c1=C/N=C(Nc1ccc(N(CCC)CCC)cc1)C(C)C. The molecule has 1 N–H and O–H groups in total. The molecular weight excluding hydrogens is 332 g/mol. The average molecular weight is 365 g/mol. The summed E-state index contributed by atoms with van der Waals surface area (Å²) in [5, 5.41) is 5.13. The summed E-state index contributed by atoms with van der Waals surface area (Å²) >= 11 is 0. The van der Waals surface area contributed by atoms with Gasteiger partial charge in [-0.15, -0.1) is 0 Å². The van der Waals surface area contributed by atoms with Gasteiger partial charge in [-0.25, -0.2) is 4.99 Å². The molecule has 0 radical (unpaired) electrons. The maximum atomic E-state index is 4.66. The number of nitrogens with one attached hydrogen (secondary N) is 1. The van der Waals surface area contributed by atoms with E-state index in [9.17, 15) is 0 Å². The molecule has 0 aliphatic carbocycles. The maximum absolute atomic E-state index is 4.66. The lowest BCUT2D eigenvalue weighted by Crippen LogP contribution is -2.26. The Morgan fingerprint density at radius 1 is 1.15 bits per heavy atom. The molecule has 1 heterocycles. The second-order valence-electron chi connectivity index (χ2n) is 7.00. The van der Waals surface area contributed by atoms with Gasteiger partial charge in [-0.2, -0.15) is 0 Å². The van der Waals surface area contributed by atoms with Crippen LogP contribution >= 0.6 is 0 Å². The number of hydrogen-bond acceptors (Lipinski definition) is 3. The van der Waals surface area contributed by atoms with Crippen LogP contribution in [0.2, 0.25) is 0 Å². The lowest BCUT2D eigenvalue weighted by Gasteiger charge is -2.24. The Morgan fingerprint density at radius 2 is 1.81 bits per heavy atom. The average Bonchev–Trinajstić information content (AvgIpc) is 2.66. The third-order valence-electron chi connectivity index (χ3n) is 4.31. The Labute approximate surface area is 163 Å². The van der Waals surface area contributed by atoms with Crippen LogP contribution in [0, 0.1) is 5.92 Å². The predicted molar refractivity (Wildman–Crippen MR) is 119 cm³/mol. The lowest BCUT2D eigenvalue weighted by molar-refractivity contribution is 0.745. The summed E-state index contributed by atoms with van der Waals surface area (Å²) < 4.78 is 0. The van der Waals surface area contributed by atoms with Gasteiger partial charge in [0, 0.05) is 48.0 Å². The first kappa shape index (κ1) is 20.7. The largest absolute Gasteiger partial charge is 0.372 e. The summed E-state index contributed by atoms with van der Waals surface area (Å²) in [6.07, 6.45) is 5.88.